The maximum atomic E-state index is 2.18. The first-order chi connectivity index (χ1) is 14.5. The number of rotatable bonds is 6. The summed E-state index contributed by atoms with van der Waals surface area (Å²) >= 11 is 0. The maximum Gasteiger partial charge on any atom is 3.00 e. The van der Waals surface area contributed by atoms with Crippen LogP contribution < -0.4 is 0 Å². The Morgan fingerprint density at radius 3 is 0.871 bits per heavy atom. The molecule has 3 rings (SSSR count). The van der Waals surface area contributed by atoms with E-state index in [1.807, 2.05) is 0 Å². The molecule has 0 unspecified atom stereocenters. The largest absolute Gasteiger partial charge is 3.00 e. The van der Waals surface area contributed by atoms with Crippen LogP contribution in [0.4, 0.5) is 0 Å². The van der Waals surface area contributed by atoms with E-state index in [9.17, 15) is 0 Å². The van der Waals surface area contributed by atoms with Crippen LogP contribution in [0.5, 0.6) is 0 Å². The molecule has 0 aromatic heterocycles. The first-order valence-electron chi connectivity index (χ1n) is 11.0. The fraction of sp³-hybridized carbons (Fsp3) is 0.300. The van der Waals surface area contributed by atoms with Crippen molar-refractivity contribution in [3.8, 4) is 0 Å². The van der Waals surface area contributed by atoms with E-state index in [1.54, 1.807) is 0 Å². The predicted octanol–water partition coefficient (Wildman–Crippen LogP) is 8.28. The normalized spacial score (nSPS) is 9.48. The quantitative estimate of drug-likeness (QED) is 0.331. The van der Waals surface area contributed by atoms with Gasteiger partial charge in [-0.1, -0.05) is 106 Å². The average molecular weight is 452 g/mol. The molecule has 165 valence electrons. The molecule has 0 saturated heterocycles. The molecule has 0 bridgehead atoms. The van der Waals surface area contributed by atoms with Crippen LogP contribution in [0.15, 0.2) is 72.8 Å². The van der Waals surface area contributed by atoms with E-state index < -0.39 is 0 Å². The van der Waals surface area contributed by atoms with Crippen molar-refractivity contribution in [2.24, 2.45) is 0 Å². The van der Waals surface area contributed by atoms with E-state index in [-0.39, 0.29) is 17.4 Å². The molecule has 0 aliphatic rings. The van der Waals surface area contributed by atoms with E-state index in [0.29, 0.717) is 0 Å². The third-order valence-corrected chi connectivity index (χ3v) is 5.06. The monoisotopic (exact) mass is 451 g/mol. The van der Waals surface area contributed by atoms with Crippen LogP contribution in [-0.4, -0.2) is 0 Å². The minimum Gasteiger partial charge on any atom is -0.327 e. The topological polar surface area (TPSA) is 0 Å². The number of hydrogen-bond acceptors (Lipinski definition) is 0. The second-order valence-electron chi connectivity index (χ2n) is 7.62. The first-order valence-corrected chi connectivity index (χ1v) is 11.0. The molecule has 0 heterocycles. The average Bonchev–Trinajstić information content (AvgIpc) is 2.75. The van der Waals surface area contributed by atoms with Gasteiger partial charge in [0.25, 0.3) is 0 Å². The molecule has 0 atom stereocenters. The molecule has 0 fully saturated rings. The molecule has 3 aromatic carbocycles. The minimum absolute atomic E-state index is 0. The van der Waals surface area contributed by atoms with Crippen LogP contribution in [0.1, 0.15) is 54.2 Å². The molecule has 1 heteroatoms. The Bertz CT molecular complexity index is 722. The molecular weight excluding hydrogens is 412 g/mol. The summed E-state index contributed by atoms with van der Waals surface area (Å²) in [6, 6.07) is 25.5. The summed E-state index contributed by atoms with van der Waals surface area (Å²) in [5.41, 5.74) is 8.47. The van der Waals surface area contributed by atoms with Crippen molar-refractivity contribution >= 4 is 0 Å². The third kappa shape index (κ3) is 12.0. The van der Waals surface area contributed by atoms with E-state index in [0.717, 1.165) is 19.3 Å². The van der Waals surface area contributed by atoms with Crippen LogP contribution in [0, 0.1) is 40.0 Å². The van der Waals surface area contributed by atoms with E-state index in [1.165, 1.54) is 33.4 Å². The minimum atomic E-state index is 0. The molecule has 31 heavy (non-hydrogen) atoms. The maximum absolute atomic E-state index is 2.18. The molecule has 0 aliphatic heterocycles. The van der Waals surface area contributed by atoms with Gasteiger partial charge in [0.15, 0.2) is 0 Å². The summed E-state index contributed by atoms with van der Waals surface area (Å²) in [7, 11) is 0. The number of benzene rings is 3. The summed E-state index contributed by atoms with van der Waals surface area (Å²) in [5.74, 6) is 0. The first kappa shape index (κ1) is 29.2. The number of aryl methyl sites for hydroxylation is 3. The van der Waals surface area contributed by atoms with Gasteiger partial charge in [0, 0.05) is 0 Å². The van der Waals surface area contributed by atoms with Gasteiger partial charge in [-0.3, -0.25) is 0 Å². The molecule has 0 N–H and O–H groups in total. The van der Waals surface area contributed by atoms with Crippen molar-refractivity contribution < 1.29 is 17.4 Å². The standard InChI is InChI=1S/3C10H13.Cr/c3*1-3-6-10-8-5-4-7-9(10)2;/h3*3-5,7-8H,6H2,1-2H3;/q3*-1;+3. The van der Waals surface area contributed by atoms with Crippen LogP contribution >= 0.6 is 0 Å². The smallest absolute Gasteiger partial charge is 0.327 e. The molecule has 1 radical (unpaired) electrons. The molecule has 0 amide bonds. The number of hydrogen-bond donors (Lipinski definition) is 0. The van der Waals surface area contributed by atoms with E-state index in [4.69, 9.17) is 0 Å². The Kier molecular flexibility index (Phi) is 16.8. The summed E-state index contributed by atoms with van der Waals surface area (Å²) in [6.07, 6.45) is 9.82. The van der Waals surface area contributed by atoms with Crippen LogP contribution in [0.2, 0.25) is 0 Å². The molecule has 0 aliphatic carbocycles. The second kappa shape index (κ2) is 17.8. The summed E-state index contributed by atoms with van der Waals surface area (Å²) in [5, 5.41) is 0. The molecule has 0 nitrogen and oxygen atoms in total. The van der Waals surface area contributed by atoms with Crippen molar-refractivity contribution in [1.82, 2.24) is 0 Å². The van der Waals surface area contributed by atoms with Crippen LogP contribution in [0.3, 0.4) is 0 Å². The molecule has 3 aromatic rings. The van der Waals surface area contributed by atoms with Gasteiger partial charge >= 0.3 is 17.4 Å². The van der Waals surface area contributed by atoms with Gasteiger partial charge in [-0.25, -0.2) is 0 Å². The zero-order valence-electron chi connectivity index (χ0n) is 20.2. The Morgan fingerprint density at radius 2 is 0.677 bits per heavy atom. The fourth-order valence-corrected chi connectivity index (χ4v) is 3.18. The Hall–Kier alpha value is -1.81. The molecule has 0 spiro atoms. The van der Waals surface area contributed by atoms with Gasteiger partial charge in [0.05, 0.1) is 0 Å². The zero-order valence-corrected chi connectivity index (χ0v) is 21.5. The van der Waals surface area contributed by atoms with Gasteiger partial charge in [0.2, 0.25) is 0 Å². The fourth-order valence-electron chi connectivity index (χ4n) is 3.18. The Morgan fingerprint density at radius 1 is 0.452 bits per heavy atom. The third-order valence-electron chi connectivity index (χ3n) is 5.06. The van der Waals surface area contributed by atoms with E-state index >= 15 is 0 Å². The Labute approximate surface area is 203 Å². The Balaban J connectivity index is 0.000000429. The van der Waals surface area contributed by atoms with Gasteiger partial charge in [-0.05, 0) is 20.8 Å². The zero-order chi connectivity index (χ0) is 22.2. The second-order valence-corrected chi connectivity index (χ2v) is 7.62. The van der Waals surface area contributed by atoms with Crippen molar-refractivity contribution in [3.05, 3.63) is 125 Å². The van der Waals surface area contributed by atoms with Crippen molar-refractivity contribution in [3.63, 3.8) is 0 Å². The molecular formula is C30H39Cr. The van der Waals surface area contributed by atoms with Gasteiger partial charge in [0.1, 0.15) is 0 Å². The van der Waals surface area contributed by atoms with Crippen LogP contribution in [0.25, 0.3) is 0 Å². The van der Waals surface area contributed by atoms with Gasteiger partial charge in [-0.2, -0.15) is 40.0 Å². The van der Waals surface area contributed by atoms with Gasteiger partial charge in [-0.15, -0.1) is 0 Å². The predicted molar refractivity (Wildman–Crippen MR) is 135 cm³/mol. The molecule has 0 saturated carbocycles. The SMILES string of the molecule is C[CH-]Cc1ccccc1C.C[CH-]Cc1ccccc1C.C[CH-]Cc1ccccc1C.[Cr+3]. The summed E-state index contributed by atoms with van der Waals surface area (Å²) in [6.45, 7) is 12.7. The van der Waals surface area contributed by atoms with Crippen molar-refractivity contribution in [1.29, 1.82) is 0 Å². The van der Waals surface area contributed by atoms with E-state index in [2.05, 4.69) is 134 Å². The van der Waals surface area contributed by atoms with Gasteiger partial charge < -0.3 is 19.3 Å². The summed E-state index contributed by atoms with van der Waals surface area (Å²) < 4.78 is 0. The van der Waals surface area contributed by atoms with Crippen molar-refractivity contribution in [2.75, 3.05) is 0 Å². The van der Waals surface area contributed by atoms with Crippen molar-refractivity contribution in [2.45, 2.75) is 60.8 Å². The summed E-state index contributed by atoms with van der Waals surface area (Å²) in [4.78, 5) is 0. The van der Waals surface area contributed by atoms with Crippen LogP contribution in [-0.2, 0) is 36.6 Å².